The molecular formula is C19H35N3O3. The van der Waals surface area contributed by atoms with Gasteiger partial charge in [0.1, 0.15) is 0 Å². The number of morpholine rings is 1. The maximum Gasteiger partial charge on any atom is 0.309 e. The molecule has 2 aliphatic rings. The summed E-state index contributed by atoms with van der Waals surface area (Å²) in [7, 11) is 0. The van der Waals surface area contributed by atoms with Crippen molar-refractivity contribution >= 4 is 11.8 Å². The lowest BCUT2D eigenvalue weighted by Crippen LogP contribution is -2.46. The lowest BCUT2D eigenvalue weighted by molar-refractivity contribution is -0.139. The Labute approximate surface area is 152 Å². The van der Waals surface area contributed by atoms with Crippen molar-refractivity contribution in [3.05, 3.63) is 0 Å². The highest BCUT2D eigenvalue weighted by atomic mass is 16.5. The van der Waals surface area contributed by atoms with Crippen LogP contribution < -0.4 is 10.6 Å². The molecule has 0 bridgehead atoms. The van der Waals surface area contributed by atoms with Gasteiger partial charge in [-0.2, -0.15) is 0 Å². The van der Waals surface area contributed by atoms with Gasteiger partial charge in [-0.15, -0.1) is 0 Å². The number of carbonyl (C=O) groups excluding carboxylic acids is 2. The van der Waals surface area contributed by atoms with Crippen molar-refractivity contribution < 1.29 is 14.3 Å². The maximum atomic E-state index is 12.0. The third-order valence-corrected chi connectivity index (χ3v) is 5.53. The summed E-state index contributed by atoms with van der Waals surface area (Å²) in [6.07, 6.45) is 5.04. The van der Waals surface area contributed by atoms with Gasteiger partial charge in [-0.1, -0.05) is 20.8 Å². The number of hydrogen-bond acceptors (Lipinski definition) is 4. The minimum Gasteiger partial charge on any atom is -0.379 e. The van der Waals surface area contributed by atoms with Crippen LogP contribution in [0.2, 0.25) is 0 Å². The molecule has 0 aromatic carbocycles. The number of nitrogens with one attached hydrogen (secondary N) is 2. The molecule has 6 heteroatoms. The number of nitrogens with zero attached hydrogens (tertiary/aromatic N) is 1. The molecule has 1 aliphatic carbocycles. The first-order valence-corrected chi connectivity index (χ1v) is 9.75. The zero-order valence-corrected chi connectivity index (χ0v) is 16.1. The fraction of sp³-hybridized carbons (Fsp3) is 0.895. The number of rotatable bonds is 5. The van der Waals surface area contributed by atoms with Gasteiger partial charge >= 0.3 is 11.8 Å². The highest BCUT2D eigenvalue weighted by Crippen LogP contribution is 2.37. The molecule has 2 fully saturated rings. The standard InChI is InChI=1S/C19H35N3O3/c1-19(2,3)15-5-7-16(8-6-15)21-18(24)17(23)20-9-4-10-22-11-13-25-14-12-22/h15-16H,4-14H2,1-3H3,(H,20,23)(H,21,24). The van der Waals surface area contributed by atoms with E-state index in [0.29, 0.717) is 17.9 Å². The Morgan fingerprint density at radius 2 is 1.68 bits per heavy atom. The zero-order valence-electron chi connectivity index (χ0n) is 16.1. The van der Waals surface area contributed by atoms with Crippen LogP contribution in [0.5, 0.6) is 0 Å². The molecule has 0 aromatic heterocycles. The van der Waals surface area contributed by atoms with Crippen LogP contribution in [0.15, 0.2) is 0 Å². The first kappa shape index (κ1) is 20.2. The third kappa shape index (κ3) is 6.94. The summed E-state index contributed by atoms with van der Waals surface area (Å²) in [6, 6.07) is 0.144. The fourth-order valence-corrected chi connectivity index (χ4v) is 3.76. The Kier molecular flexibility index (Phi) is 7.69. The molecule has 1 aliphatic heterocycles. The average molecular weight is 354 g/mol. The zero-order chi connectivity index (χ0) is 18.3. The summed E-state index contributed by atoms with van der Waals surface area (Å²) >= 11 is 0. The largest absolute Gasteiger partial charge is 0.379 e. The molecular weight excluding hydrogens is 318 g/mol. The molecule has 1 saturated heterocycles. The Hall–Kier alpha value is -1.14. The van der Waals surface area contributed by atoms with Gasteiger partial charge in [0.15, 0.2) is 0 Å². The lowest BCUT2D eigenvalue weighted by atomic mass is 9.71. The van der Waals surface area contributed by atoms with Crippen molar-refractivity contribution in [1.82, 2.24) is 15.5 Å². The van der Waals surface area contributed by atoms with Gasteiger partial charge in [0.05, 0.1) is 13.2 Å². The molecule has 0 atom stereocenters. The minimum absolute atomic E-state index is 0.144. The van der Waals surface area contributed by atoms with Crippen molar-refractivity contribution in [2.45, 2.75) is 58.9 Å². The summed E-state index contributed by atoms with van der Waals surface area (Å²) in [4.78, 5) is 26.3. The number of hydrogen-bond donors (Lipinski definition) is 2. The van der Waals surface area contributed by atoms with E-state index in [1.54, 1.807) is 0 Å². The average Bonchev–Trinajstić information content (AvgIpc) is 2.59. The Balaban J connectivity index is 1.58. The van der Waals surface area contributed by atoms with Crippen LogP contribution >= 0.6 is 0 Å². The van der Waals surface area contributed by atoms with Crippen molar-refractivity contribution in [2.24, 2.45) is 11.3 Å². The van der Waals surface area contributed by atoms with Gasteiger partial charge in [-0.25, -0.2) is 0 Å². The molecule has 2 amide bonds. The van der Waals surface area contributed by atoms with E-state index in [1.165, 1.54) is 0 Å². The van der Waals surface area contributed by atoms with Crippen molar-refractivity contribution in [3.63, 3.8) is 0 Å². The fourth-order valence-electron chi connectivity index (χ4n) is 3.76. The van der Waals surface area contributed by atoms with Gasteiger partial charge in [-0.3, -0.25) is 14.5 Å². The van der Waals surface area contributed by atoms with Gasteiger partial charge in [0.2, 0.25) is 0 Å². The normalized spacial score (nSPS) is 25.4. The summed E-state index contributed by atoms with van der Waals surface area (Å²) in [5, 5.41) is 5.64. The number of ether oxygens (including phenoxy) is 1. The van der Waals surface area contributed by atoms with Gasteiger partial charge in [0.25, 0.3) is 0 Å². The highest BCUT2D eigenvalue weighted by molar-refractivity contribution is 6.35. The molecule has 0 aromatic rings. The van der Waals surface area contributed by atoms with E-state index in [4.69, 9.17) is 4.74 Å². The minimum atomic E-state index is -0.500. The van der Waals surface area contributed by atoms with E-state index in [2.05, 4.69) is 36.3 Å². The second-order valence-electron chi connectivity index (χ2n) is 8.45. The van der Waals surface area contributed by atoms with E-state index in [-0.39, 0.29) is 6.04 Å². The van der Waals surface area contributed by atoms with Crippen LogP contribution in [0, 0.1) is 11.3 Å². The van der Waals surface area contributed by atoms with E-state index in [1.807, 2.05) is 0 Å². The van der Waals surface area contributed by atoms with Crippen molar-refractivity contribution in [3.8, 4) is 0 Å². The predicted octanol–water partition coefficient (Wildman–Crippen LogP) is 1.55. The van der Waals surface area contributed by atoms with Crippen LogP contribution in [-0.2, 0) is 14.3 Å². The van der Waals surface area contributed by atoms with Crippen LogP contribution in [0.3, 0.4) is 0 Å². The van der Waals surface area contributed by atoms with Crippen LogP contribution in [0.4, 0.5) is 0 Å². The topological polar surface area (TPSA) is 70.7 Å². The molecule has 6 nitrogen and oxygen atoms in total. The Morgan fingerprint density at radius 1 is 1.04 bits per heavy atom. The van der Waals surface area contributed by atoms with Crippen LogP contribution in [0.1, 0.15) is 52.9 Å². The van der Waals surface area contributed by atoms with Gasteiger partial charge < -0.3 is 15.4 Å². The molecule has 144 valence electrons. The van der Waals surface area contributed by atoms with Crippen LogP contribution in [0.25, 0.3) is 0 Å². The first-order valence-electron chi connectivity index (χ1n) is 9.75. The summed E-state index contributed by atoms with van der Waals surface area (Å²) in [5.74, 6) is -0.278. The van der Waals surface area contributed by atoms with E-state index in [9.17, 15) is 9.59 Å². The molecule has 0 radical (unpaired) electrons. The SMILES string of the molecule is CC(C)(C)C1CCC(NC(=O)C(=O)NCCCN2CCOCC2)CC1. The van der Waals surface area contributed by atoms with E-state index in [0.717, 1.165) is 65.0 Å². The third-order valence-electron chi connectivity index (χ3n) is 5.53. The first-order chi connectivity index (χ1) is 11.9. The Bertz CT molecular complexity index is 434. The van der Waals surface area contributed by atoms with Gasteiger partial charge in [-0.05, 0) is 50.0 Å². The van der Waals surface area contributed by atoms with E-state index >= 15 is 0 Å². The Morgan fingerprint density at radius 3 is 2.28 bits per heavy atom. The summed E-state index contributed by atoms with van der Waals surface area (Å²) in [5.41, 5.74) is 0.326. The molecule has 0 spiro atoms. The molecule has 25 heavy (non-hydrogen) atoms. The van der Waals surface area contributed by atoms with Crippen LogP contribution in [-0.4, -0.2) is 62.1 Å². The summed E-state index contributed by atoms with van der Waals surface area (Å²) in [6.45, 7) is 11.8. The summed E-state index contributed by atoms with van der Waals surface area (Å²) < 4.78 is 5.31. The number of amides is 2. The second-order valence-corrected chi connectivity index (χ2v) is 8.45. The quantitative estimate of drug-likeness (QED) is 0.581. The highest BCUT2D eigenvalue weighted by Gasteiger charge is 2.30. The predicted molar refractivity (Wildman–Crippen MR) is 98.2 cm³/mol. The molecule has 1 saturated carbocycles. The smallest absolute Gasteiger partial charge is 0.309 e. The van der Waals surface area contributed by atoms with Crippen molar-refractivity contribution in [2.75, 3.05) is 39.4 Å². The molecule has 2 rings (SSSR count). The second kappa shape index (κ2) is 9.53. The molecule has 0 unspecified atom stereocenters. The molecule has 2 N–H and O–H groups in total. The van der Waals surface area contributed by atoms with Crippen molar-refractivity contribution in [1.29, 1.82) is 0 Å². The van der Waals surface area contributed by atoms with E-state index < -0.39 is 11.8 Å². The monoisotopic (exact) mass is 353 g/mol. The number of carbonyl (C=O) groups is 2. The maximum absolute atomic E-state index is 12.0. The van der Waals surface area contributed by atoms with Gasteiger partial charge in [0, 0.05) is 25.7 Å². The lowest BCUT2D eigenvalue weighted by Gasteiger charge is -2.37. The molecule has 1 heterocycles.